The van der Waals surface area contributed by atoms with Crippen molar-refractivity contribution in [3.05, 3.63) is 29.8 Å². The number of nitrogens with zero attached hydrogens (tertiary/aromatic N) is 1. The minimum absolute atomic E-state index is 0. The van der Waals surface area contributed by atoms with Crippen LogP contribution in [0.4, 0.5) is 5.69 Å². The Bertz CT molecular complexity index is 408. The number of carbonyl (C=O) groups is 1. The smallest absolute Gasteiger partial charge is 0.227 e. The largest absolute Gasteiger partial charge is 0.399 e. The molecule has 2 rings (SSSR count). The maximum absolute atomic E-state index is 12.2. The van der Waals surface area contributed by atoms with Gasteiger partial charge in [0.2, 0.25) is 5.91 Å². The predicted molar refractivity (Wildman–Crippen MR) is 78.4 cm³/mol. The standard InChI is InChI=1S/C14H20N2O2.ClH/c1-18-13-3-2-8-16(10-13)14(17)9-11-4-6-12(15)7-5-11;/h4-7,13H,2-3,8-10,15H2,1H3;1H. The zero-order valence-corrected chi connectivity index (χ0v) is 12.0. The summed E-state index contributed by atoms with van der Waals surface area (Å²) in [6.07, 6.45) is 2.69. The quantitative estimate of drug-likeness (QED) is 0.862. The lowest BCUT2D eigenvalue weighted by Gasteiger charge is -2.32. The number of benzene rings is 1. The summed E-state index contributed by atoms with van der Waals surface area (Å²) in [5.41, 5.74) is 7.36. The molecular weight excluding hydrogens is 264 g/mol. The summed E-state index contributed by atoms with van der Waals surface area (Å²) in [6.45, 7) is 1.55. The highest BCUT2D eigenvalue weighted by Crippen LogP contribution is 2.14. The van der Waals surface area contributed by atoms with Crippen LogP contribution in [0.25, 0.3) is 0 Å². The second-order valence-electron chi connectivity index (χ2n) is 4.76. The van der Waals surface area contributed by atoms with Crippen molar-refractivity contribution in [2.45, 2.75) is 25.4 Å². The Morgan fingerprint density at radius 3 is 2.74 bits per heavy atom. The summed E-state index contributed by atoms with van der Waals surface area (Å²) < 4.78 is 5.33. The Balaban J connectivity index is 0.00000180. The van der Waals surface area contributed by atoms with E-state index in [1.807, 2.05) is 29.2 Å². The number of halogens is 1. The highest BCUT2D eigenvalue weighted by Gasteiger charge is 2.23. The molecule has 1 aliphatic rings. The van der Waals surface area contributed by atoms with E-state index in [2.05, 4.69) is 0 Å². The van der Waals surface area contributed by atoms with Crippen LogP contribution in [0, 0.1) is 0 Å². The minimum Gasteiger partial charge on any atom is -0.399 e. The first-order chi connectivity index (χ1) is 8.69. The summed E-state index contributed by atoms with van der Waals surface area (Å²) in [4.78, 5) is 14.0. The summed E-state index contributed by atoms with van der Waals surface area (Å²) >= 11 is 0. The van der Waals surface area contributed by atoms with Crippen molar-refractivity contribution in [3.63, 3.8) is 0 Å². The summed E-state index contributed by atoms with van der Waals surface area (Å²) in [6, 6.07) is 7.48. The Labute approximate surface area is 120 Å². The number of rotatable bonds is 3. The monoisotopic (exact) mass is 284 g/mol. The molecule has 0 saturated carbocycles. The molecule has 0 aliphatic carbocycles. The molecular formula is C14H21ClN2O2. The first-order valence-corrected chi connectivity index (χ1v) is 6.34. The highest BCUT2D eigenvalue weighted by atomic mass is 35.5. The van der Waals surface area contributed by atoms with Crippen LogP contribution >= 0.6 is 12.4 Å². The predicted octanol–water partition coefficient (Wildman–Crippen LogP) is 1.87. The van der Waals surface area contributed by atoms with Gasteiger partial charge in [0.1, 0.15) is 0 Å². The van der Waals surface area contributed by atoms with Gasteiger partial charge in [-0.15, -0.1) is 12.4 Å². The van der Waals surface area contributed by atoms with E-state index >= 15 is 0 Å². The molecule has 1 heterocycles. The lowest BCUT2D eigenvalue weighted by atomic mass is 10.1. The van der Waals surface area contributed by atoms with Crippen LogP contribution in [-0.4, -0.2) is 37.1 Å². The molecule has 19 heavy (non-hydrogen) atoms. The first-order valence-electron chi connectivity index (χ1n) is 6.34. The molecule has 1 saturated heterocycles. The molecule has 1 aromatic carbocycles. The summed E-state index contributed by atoms with van der Waals surface area (Å²) in [7, 11) is 1.71. The van der Waals surface area contributed by atoms with E-state index in [4.69, 9.17) is 10.5 Å². The molecule has 1 aliphatic heterocycles. The van der Waals surface area contributed by atoms with Crippen LogP contribution in [0.3, 0.4) is 0 Å². The Morgan fingerprint density at radius 1 is 1.42 bits per heavy atom. The van der Waals surface area contributed by atoms with Gasteiger partial charge >= 0.3 is 0 Å². The van der Waals surface area contributed by atoms with Gasteiger partial charge in [0.05, 0.1) is 12.5 Å². The number of likely N-dealkylation sites (tertiary alicyclic amines) is 1. The molecule has 5 heteroatoms. The number of methoxy groups -OCH3 is 1. The van der Waals surface area contributed by atoms with E-state index in [-0.39, 0.29) is 24.4 Å². The van der Waals surface area contributed by atoms with Crippen molar-refractivity contribution < 1.29 is 9.53 Å². The normalized spacial score (nSPS) is 18.8. The first kappa shape index (κ1) is 15.8. The van der Waals surface area contributed by atoms with Gasteiger partial charge in [0.25, 0.3) is 0 Å². The maximum atomic E-state index is 12.2. The van der Waals surface area contributed by atoms with Crippen molar-refractivity contribution in [1.29, 1.82) is 0 Å². The van der Waals surface area contributed by atoms with Crippen molar-refractivity contribution in [2.24, 2.45) is 0 Å². The van der Waals surface area contributed by atoms with Gasteiger partial charge in [0.15, 0.2) is 0 Å². The molecule has 4 nitrogen and oxygen atoms in total. The molecule has 2 N–H and O–H groups in total. The van der Waals surface area contributed by atoms with Gasteiger partial charge in [-0.1, -0.05) is 12.1 Å². The molecule has 0 radical (unpaired) electrons. The van der Waals surface area contributed by atoms with E-state index in [9.17, 15) is 4.79 Å². The average Bonchev–Trinajstić information content (AvgIpc) is 2.41. The maximum Gasteiger partial charge on any atom is 0.227 e. The van der Waals surface area contributed by atoms with Crippen LogP contribution in [0.2, 0.25) is 0 Å². The third kappa shape index (κ3) is 4.40. The van der Waals surface area contributed by atoms with Gasteiger partial charge in [-0.2, -0.15) is 0 Å². The van der Waals surface area contributed by atoms with E-state index in [0.29, 0.717) is 13.0 Å². The number of anilines is 1. The molecule has 0 spiro atoms. The topological polar surface area (TPSA) is 55.6 Å². The Morgan fingerprint density at radius 2 is 2.11 bits per heavy atom. The van der Waals surface area contributed by atoms with Crippen LogP contribution in [0.5, 0.6) is 0 Å². The summed E-state index contributed by atoms with van der Waals surface area (Å²) in [5.74, 6) is 0.168. The minimum atomic E-state index is 0. The van der Waals surface area contributed by atoms with Gasteiger partial charge in [0, 0.05) is 25.9 Å². The van der Waals surface area contributed by atoms with Crippen molar-refractivity contribution in [1.82, 2.24) is 4.90 Å². The third-order valence-electron chi connectivity index (χ3n) is 3.40. The molecule has 1 atom stereocenters. The number of hydrogen-bond acceptors (Lipinski definition) is 3. The lowest BCUT2D eigenvalue weighted by Crippen LogP contribution is -2.43. The lowest BCUT2D eigenvalue weighted by molar-refractivity contribution is -0.134. The van der Waals surface area contributed by atoms with Gasteiger partial charge in [-0.3, -0.25) is 4.79 Å². The molecule has 1 fully saturated rings. The number of amides is 1. The van der Waals surface area contributed by atoms with Crippen LogP contribution in [0.1, 0.15) is 18.4 Å². The fraction of sp³-hybridized carbons (Fsp3) is 0.500. The van der Waals surface area contributed by atoms with Crippen LogP contribution < -0.4 is 5.73 Å². The second kappa shape index (κ2) is 7.36. The Kier molecular flexibility index (Phi) is 6.12. The van der Waals surface area contributed by atoms with E-state index in [1.165, 1.54) is 0 Å². The van der Waals surface area contributed by atoms with E-state index in [1.54, 1.807) is 7.11 Å². The second-order valence-corrected chi connectivity index (χ2v) is 4.76. The SMILES string of the molecule is COC1CCCN(C(=O)Cc2ccc(N)cc2)C1.Cl. The number of nitrogens with two attached hydrogens (primary N) is 1. The molecule has 1 aromatic rings. The van der Waals surface area contributed by atoms with Gasteiger partial charge in [-0.05, 0) is 30.5 Å². The fourth-order valence-electron chi connectivity index (χ4n) is 2.28. The molecule has 106 valence electrons. The number of piperidine rings is 1. The molecule has 0 bridgehead atoms. The zero-order chi connectivity index (χ0) is 13.0. The average molecular weight is 285 g/mol. The highest BCUT2D eigenvalue weighted by molar-refractivity contribution is 5.85. The Hall–Kier alpha value is -1.26. The molecule has 1 amide bonds. The number of carbonyl (C=O) groups excluding carboxylic acids is 1. The number of nitrogen functional groups attached to an aromatic ring is 1. The third-order valence-corrected chi connectivity index (χ3v) is 3.40. The van der Waals surface area contributed by atoms with Crippen molar-refractivity contribution in [2.75, 3.05) is 25.9 Å². The van der Waals surface area contributed by atoms with Gasteiger partial charge < -0.3 is 15.4 Å². The van der Waals surface area contributed by atoms with Crippen molar-refractivity contribution in [3.8, 4) is 0 Å². The molecule has 1 unspecified atom stereocenters. The number of ether oxygens (including phenoxy) is 1. The summed E-state index contributed by atoms with van der Waals surface area (Å²) in [5, 5.41) is 0. The van der Waals surface area contributed by atoms with E-state index in [0.717, 1.165) is 30.6 Å². The molecule has 0 aromatic heterocycles. The van der Waals surface area contributed by atoms with E-state index < -0.39 is 0 Å². The zero-order valence-electron chi connectivity index (χ0n) is 11.2. The fourth-order valence-corrected chi connectivity index (χ4v) is 2.28. The van der Waals surface area contributed by atoms with Crippen molar-refractivity contribution >= 4 is 24.0 Å². The van der Waals surface area contributed by atoms with Crippen LogP contribution in [0.15, 0.2) is 24.3 Å². The number of hydrogen-bond donors (Lipinski definition) is 1. The van der Waals surface area contributed by atoms with Gasteiger partial charge in [-0.25, -0.2) is 0 Å². The van der Waals surface area contributed by atoms with Crippen LogP contribution in [-0.2, 0) is 16.0 Å².